The molecule has 1 saturated heterocycles. The lowest BCUT2D eigenvalue weighted by Gasteiger charge is -2.22. The van der Waals surface area contributed by atoms with Crippen molar-refractivity contribution in [2.45, 2.75) is 26.3 Å². The minimum absolute atomic E-state index is 0.720. The summed E-state index contributed by atoms with van der Waals surface area (Å²) in [5.41, 5.74) is 2.85. The summed E-state index contributed by atoms with van der Waals surface area (Å²) in [5.74, 6) is 0.720. The van der Waals surface area contributed by atoms with Crippen LogP contribution in [0.3, 0.4) is 0 Å². The van der Waals surface area contributed by atoms with Gasteiger partial charge in [0.15, 0.2) is 0 Å². The van der Waals surface area contributed by atoms with Crippen molar-refractivity contribution >= 4 is 11.3 Å². The third-order valence-corrected chi connectivity index (χ3v) is 3.87. The first-order valence-electron chi connectivity index (χ1n) is 5.66. The number of ether oxygens (including phenoxy) is 1. The van der Waals surface area contributed by atoms with Crippen molar-refractivity contribution in [3.8, 4) is 0 Å². The monoisotopic (exact) mass is 225 g/mol. The van der Waals surface area contributed by atoms with E-state index in [1.165, 1.54) is 24.0 Å². The average Bonchev–Trinajstić information content (AvgIpc) is 2.66. The average molecular weight is 225 g/mol. The molecular weight excluding hydrogens is 206 g/mol. The molecule has 2 nitrogen and oxygen atoms in total. The first-order chi connectivity index (χ1) is 7.36. The standard InChI is InChI=1S/C12H19NOS/c1-10-8-15-9-12(10)6-13-5-11-3-2-4-14-7-11/h8-9,11,13H,2-7H2,1H3. The van der Waals surface area contributed by atoms with Gasteiger partial charge < -0.3 is 10.1 Å². The molecule has 0 bridgehead atoms. The van der Waals surface area contributed by atoms with Crippen molar-refractivity contribution in [3.63, 3.8) is 0 Å². The maximum Gasteiger partial charge on any atom is 0.0506 e. The summed E-state index contributed by atoms with van der Waals surface area (Å²) < 4.78 is 5.46. The zero-order valence-corrected chi connectivity index (χ0v) is 10.1. The second-order valence-electron chi connectivity index (χ2n) is 4.29. The van der Waals surface area contributed by atoms with Gasteiger partial charge in [-0.2, -0.15) is 11.3 Å². The molecule has 0 radical (unpaired) electrons. The van der Waals surface area contributed by atoms with Crippen LogP contribution in [0.4, 0.5) is 0 Å². The Kier molecular flexibility index (Phi) is 4.18. The van der Waals surface area contributed by atoms with Crippen LogP contribution in [-0.4, -0.2) is 19.8 Å². The Bertz CT molecular complexity index is 292. The molecule has 0 saturated carbocycles. The van der Waals surface area contributed by atoms with Gasteiger partial charge in [-0.1, -0.05) is 0 Å². The molecule has 1 aromatic rings. The van der Waals surface area contributed by atoms with Crippen LogP contribution in [0.5, 0.6) is 0 Å². The summed E-state index contributed by atoms with van der Waals surface area (Å²) in [7, 11) is 0. The van der Waals surface area contributed by atoms with E-state index in [0.717, 1.165) is 32.2 Å². The molecule has 2 rings (SSSR count). The van der Waals surface area contributed by atoms with Crippen LogP contribution in [-0.2, 0) is 11.3 Å². The highest BCUT2D eigenvalue weighted by molar-refractivity contribution is 7.08. The molecule has 15 heavy (non-hydrogen) atoms. The molecular formula is C12H19NOS. The second kappa shape index (κ2) is 5.64. The molecule has 1 atom stereocenters. The van der Waals surface area contributed by atoms with Gasteiger partial charge in [0.2, 0.25) is 0 Å². The minimum Gasteiger partial charge on any atom is -0.381 e. The highest BCUT2D eigenvalue weighted by Gasteiger charge is 2.13. The summed E-state index contributed by atoms with van der Waals surface area (Å²) in [5, 5.41) is 7.97. The largest absolute Gasteiger partial charge is 0.381 e. The molecule has 3 heteroatoms. The van der Waals surface area contributed by atoms with Crippen LogP contribution in [0.1, 0.15) is 24.0 Å². The Balaban J connectivity index is 1.68. The van der Waals surface area contributed by atoms with Crippen molar-refractivity contribution < 1.29 is 4.74 Å². The molecule has 1 aliphatic heterocycles. The Morgan fingerprint density at radius 3 is 3.13 bits per heavy atom. The fourth-order valence-corrected chi connectivity index (χ4v) is 2.80. The van der Waals surface area contributed by atoms with Crippen LogP contribution in [0.15, 0.2) is 10.8 Å². The summed E-state index contributed by atoms with van der Waals surface area (Å²) >= 11 is 1.79. The highest BCUT2D eigenvalue weighted by Crippen LogP contribution is 2.15. The van der Waals surface area contributed by atoms with Crippen molar-refractivity contribution in [1.82, 2.24) is 5.32 Å². The number of nitrogens with one attached hydrogen (secondary N) is 1. The first-order valence-corrected chi connectivity index (χ1v) is 6.60. The lowest BCUT2D eigenvalue weighted by atomic mass is 10.0. The van der Waals surface area contributed by atoms with E-state index in [4.69, 9.17) is 4.74 Å². The highest BCUT2D eigenvalue weighted by atomic mass is 32.1. The summed E-state index contributed by atoms with van der Waals surface area (Å²) in [6, 6.07) is 0. The Hall–Kier alpha value is -0.380. The van der Waals surface area contributed by atoms with E-state index < -0.39 is 0 Å². The topological polar surface area (TPSA) is 21.3 Å². The normalized spacial score (nSPS) is 21.8. The molecule has 0 aromatic carbocycles. The van der Waals surface area contributed by atoms with Crippen LogP contribution in [0.2, 0.25) is 0 Å². The quantitative estimate of drug-likeness (QED) is 0.850. The lowest BCUT2D eigenvalue weighted by Crippen LogP contribution is -2.28. The summed E-state index contributed by atoms with van der Waals surface area (Å²) in [6.45, 7) is 6.17. The molecule has 1 aliphatic rings. The van der Waals surface area contributed by atoms with Gasteiger partial charge in [-0.15, -0.1) is 0 Å². The maximum absolute atomic E-state index is 5.46. The van der Waals surface area contributed by atoms with Gasteiger partial charge in [-0.3, -0.25) is 0 Å². The van der Waals surface area contributed by atoms with Gasteiger partial charge in [-0.05, 0) is 47.6 Å². The van der Waals surface area contributed by atoms with Crippen molar-refractivity contribution in [3.05, 3.63) is 21.9 Å². The van der Waals surface area contributed by atoms with Crippen molar-refractivity contribution in [2.75, 3.05) is 19.8 Å². The Morgan fingerprint density at radius 2 is 2.47 bits per heavy atom. The zero-order valence-electron chi connectivity index (χ0n) is 9.29. The zero-order chi connectivity index (χ0) is 10.5. The predicted molar refractivity (Wildman–Crippen MR) is 64.3 cm³/mol. The number of rotatable bonds is 4. The summed E-state index contributed by atoms with van der Waals surface area (Å²) in [4.78, 5) is 0. The molecule has 1 N–H and O–H groups in total. The van der Waals surface area contributed by atoms with E-state index in [0.29, 0.717) is 0 Å². The number of hydrogen-bond acceptors (Lipinski definition) is 3. The number of hydrogen-bond donors (Lipinski definition) is 1. The van der Waals surface area contributed by atoms with Crippen LogP contribution in [0.25, 0.3) is 0 Å². The molecule has 1 unspecified atom stereocenters. The second-order valence-corrected chi connectivity index (χ2v) is 5.04. The predicted octanol–water partition coefficient (Wildman–Crippen LogP) is 2.57. The van der Waals surface area contributed by atoms with Gasteiger partial charge in [0, 0.05) is 19.7 Å². The molecule has 0 amide bonds. The first kappa shape index (κ1) is 11.1. The van der Waals surface area contributed by atoms with Crippen LogP contribution < -0.4 is 5.32 Å². The van der Waals surface area contributed by atoms with Gasteiger partial charge >= 0.3 is 0 Å². The molecule has 84 valence electrons. The van der Waals surface area contributed by atoms with E-state index in [1.54, 1.807) is 11.3 Å². The smallest absolute Gasteiger partial charge is 0.0506 e. The van der Waals surface area contributed by atoms with E-state index in [-0.39, 0.29) is 0 Å². The SMILES string of the molecule is Cc1cscc1CNCC1CCCOC1. The van der Waals surface area contributed by atoms with E-state index in [9.17, 15) is 0 Å². The van der Waals surface area contributed by atoms with Crippen LogP contribution >= 0.6 is 11.3 Å². The molecule has 0 aliphatic carbocycles. The number of aryl methyl sites for hydroxylation is 1. The van der Waals surface area contributed by atoms with Gasteiger partial charge in [-0.25, -0.2) is 0 Å². The molecule has 1 fully saturated rings. The Morgan fingerprint density at radius 1 is 1.53 bits per heavy atom. The van der Waals surface area contributed by atoms with Crippen molar-refractivity contribution in [2.24, 2.45) is 5.92 Å². The number of thiophene rings is 1. The maximum atomic E-state index is 5.46. The molecule has 0 spiro atoms. The van der Waals surface area contributed by atoms with Gasteiger partial charge in [0.05, 0.1) is 6.61 Å². The third-order valence-electron chi connectivity index (χ3n) is 2.96. The van der Waals surface area contributed by atoms with Crippen molar-refractivity contribution in [1.29, 1.82) is 0 Å². The minimum atomic E-state index is 0.720. The van der Waals surface area contributed by atoms with Gasteiger partial charge in [0.1, 0.15) is 0 Å². The molecule has 1 aromatic heterocycles. The third kappa shape index (κ3) is 3.30. The lowest BCUT2D eigenvalue weighted by molar-refractivity contribution is 0.0547. The summed E-state index contributed by atoms with van der Waals surface area (Å²) in [6.07, 6.45) is 2.54. The molecule has 2 heterocycles. The fourth-order valence-electron chi connectivity index (χ4n) is 1.95. The van der Waals surface area contributed by atoms with E-state index in [1.807, 2.05) is 0 Å². The van der Waals surface area contributed by atoms with E-state index in [2.05, 4.69) is 23.0 Å². The van der Waals surface area contributed by atoms with Gasteiger partial charge in [0.25, 0.3) is 0 Å². The van der Waals surface area contributed by atoms with Crippen LogP contribution in [0, 0.1) is 12.8 Å². The fraction of sp³-hybridized carbons (Fsp3) is 0.667. The Labute approximate surface area is 95.6 Å². The van der Waals surface area contributed by atoms with E-state index >= 15 is 0 Å².